The van der Waals surface area contributed by atoms with E-state index in [-0.39, 0.29) is 0 Å². The Morgan fingerprint density at radius 1 is 1.48 bits per heavy atom. The van der Waals surface area contributed by atoms with Crippen LogP contribution in [0.15, 0.2) is 12.3 Å². The van der Waals surface area contributed by atoms with Crippen molar-refractivity contribution in [1.82, 2.24) is 15.2 Å². The molecule has 0 aliphatic carbocycles. The minimum Gasteiger partial charge on any atom is -0.354 e. The molecule has 1 aromatic rings. The molecule has 1 fully saturated rings. The molecule has 0 spiro atoms. The molecule has 2 rings (SSSR count). The fourth-order valence-electron chi connectivity index (χ4n) is 2.69. The second kappa shape index (κ2) is 7.43. The fourth-order valence-corrected chi connectivity index (χ4v) is 3.00. The molecule has 0 bridgehead atoms. The Labute approximate surface area is 133 Å². The Morgan fingerprint density at radius 3 is 2.86 bits per heavy atom. The van der Waals surface area contributed by atoms with Gasteiger partial charge in [-0.15, -0.1) is 0 Å². The van der Waals surface area contributed by atoms with E-state index in [9.17, 15) is 0 Å². The molecule has 21 heavy (non-hydrogen) atoms. The Morgan fingerprint density at radius 2 is 2.24 bits per heavy atom. The Hall–Kier alpha value is -0.840. The minimum atomic E-state index is 0.464. The van der Waals surface area contributed by atoms with E-state index < -0.39 is 0 Å². The van der Waals surface area contributed by atoms with E-state index in [1.54, 1.807) is 0 Å². The summed E-state index contributed by atoms with van der Waals surface area (Å²) in [6.07, 6.45) is 4.38. The first-order chi connectivity index (χ1) is 9.97. The average molecular weight is 311 g/mol. The molecule has 1 aliphatic rings. The first-order valence-corrected chi connectivity index (χ1v) is 8.14. The summed E-state index contributed by atoms with van der Waals surface area (Å²) in [5.41, 5.74) is 1.14. The second-order valence-corrected chi connectivity index (χ2v) is 6.80. The quantitative estimate of drug-likeness (QED) is 0.906. The fraction of sp³-hybridized carbons (Fsp3) is 0.688. The first-order valence-electron chi connectivity index (χ1n) is 7.76. The van der Waals surface area contributed by atoms with Gasteiger partial charge in [0.25, 0.3) is 0 Å². The maximum atomic E-state index is 6.46. The predicted molar refractivity (Wildman–Crippen MR) is 90.1 cm³/mol. The molecule has 1 N–H and O–H groups in total. The average Bonchev–Trinajstić information content (AvgIpc) is 2.45. The van der Waals surface area contributed by atoms with Gasteiger partial charge in [0, 0.05) is 37.9 Å². The van der Waals surface area contributed by atoms with E-state index in [4.69, 9.17) is 11.6 Å². The number of aromatic nitrogens is 1. The zero-order valence-electron chi connectivity index (χ0n) is 13.6. The van der Waals surface area contributed by atoms with Crippen molar-refractivity contribution in [1.29, 1.82) is 0 Å². The zero-order chi connectivity index (χ0) is 15.4. The van der Waals surface area contributed by atoms with Crippen LogP contribution in [0, 0.1) is 0 Å². The van der Waals surface area contributed by atoms with Crippen LogP contribution in [-0.4, -0.2) is 49.2 Å². The molecule has 4 nitrogen and oxygen atoms in total. The van der Waals surface area contributed by atoms with Crippen LogP contribution < -0.4 is 10.2 Å². The standard InChI is InChI=1S/C16H27ClN4/c1-12(2)18-9-13-8-15(17)16(19-10-13)21-7-5-6-14(11-21)20(3)4/h8,10,12,14,18H,5-7,9,11H2,1-4H3. The number of halogens is 1. The SMILES string of the molecule is CC(C)NCc1cnc(N2CCCC(N(C)C)C2)c(Cl)c1. The van der Waals surface area contributed by atoms with Crippen LogP contribution in [0.1, 0.15) is 32.3 Å². The highest BCUT2D eigenvalue weighted by Crippen LogP contribution is 2.27. The van der Waals surface area contributed by atoms with Crippen molar-refractivity contribution in [3.8, 4) is 0 Å². The lowest BCUT2D eigenvalue weighted by molar-refractivity contribution is 0.257. The predicted octanol–water partition coefficient (Wildman–Crippen LogP) is 2.76. The van der Waals surface area contributed by atoms with E-state index in [1.807, 2.05) is 12.3 Å². The van der Waals surface area contributed by atoms with Crippen LogP contribution in [0.4, 0.5) is 5.82 Å². The number of nitrogens with one attached hydrogen (secondary N) is 1. The van der Waals surface area contributed by atoms with Crippen molar-refractivity contribution >= 4 is 17.4 Å². The third kappa shape index (κ3) is 4.56. The Kier molecular flexibility index (Phi) is 5.85. The molecular weight excluding hydrogens is 284 g/mol. The van der Waals surface area contributed by atoms with Crippen LogP contribution in [0.3, 0.4) is 0 Å². The van der Waals surface area contributed by atoms with Crippen LogP contribution in [0.2, 0.25) is 5.02 Å². The van der Waals surface area contributed by atoms with Gasteiger partial charge in [-0.05, 0) is 38.6 Å². The molecule has 1 atom stereocenters. The molecule has 1 aliphatic heterocycles. The van der Waals surface area contributed by atoms with Crippen molar-refractivity contribution in [2.75, 3.05) is 32.1 Å². The van der Waals surface area contributed by atoms with Crippen LogP contribution >= 0.6 is 11.6 Å². The molecule has 2 heterocycles. The van der Waals surface area contributed by atoms with Gasteiger partial charge in [0.2, 0.25) is 0 Å². The topological polar surface area (TPSA) is 31.4 Å². The molecule has 0 amide bonds. The van der Waals surface area contributed by atoms with Crippen LogP contribution in [-0.2, 0) is 6.54 Å². The maximum Gasteiger partial charge on any atom is 0.147 e. The highest BCUT2D eigenvalue weighted by Gasteiger charge is 2.23. The van der Waals surface area contributed by atoms with E-state index >= 15 is 0 Å². The van der Waals surface area contributed by atoms with E-state index in [2.05, 4.69) is 48.0 Å². The monoisotopic (exact) mass is 310 g/mol. The summed E-state index contributed by atoms with van der Waals surface area (Å²) in [5, 5.41) is 4.15. The van der Waals surface area contributed by atoms with Gasteiger partial charge in [-0.2, -0.15) is 0 Å². The van der Waals surface area contributed by atoms with Crippen molar-refractivity contribution in [3.63, 3.8) is 0 Å². The first kappa shape index (κ1) is 16.5. The molecule has 5 heteroatoms. The number of pyridine rings is 1. The largest absolute Gasteiger partial charge is 0.354 e. The zero-order valence-corrected chi connectivity index (χ0v) is 14.3. The highest BCUT2D eigenvalue weighted by molar-refractivity contribution is 6.33. The van der Waals surface area contributed by atoms with Gasteiger partial charge in [-0.1, -0.05) is 25.4 Å². The highest BCUT2D eigenvalue weighted by atomic mass is 35.5. The van der Waals surface area contributed by atoms with Gasteiger partial charge in [-0.25, -0.2) is 4.98 Å². The molecule has 1 saturated heterocycles. The smallest absolute Gasteiger partial charge is 0.147 e. The van der Waals surface area contributed by atoms with Crippen LogP contribution in [0.25, 0.3) is 0 Å². The van der Waals surface area contributed by atoms with E-state index in [1.165, 1.54) is 12.8 Å². The lowest BCUT2D eigenvalue weighted by Gasteiger charge is -2.37. The summed E-state index contributed by atoms with van der Waals surface area (Å²) in [6.45, 7) is 7.13. The molecule has 1 aromatic heterocycles. The number of hydrogen-bond donors (Lipinski definition) is 1. The Balaban J connectivity index is 2.06. The number of nitrogens with zero attached hydrogens (tertiary/aromatic N) is 3. The number of likely N-dealkylation sites (N-methyl/N-ethyl adjacent to an activating group) is 1. The summed E-state index contributed by atoms with van der Waals surface area (Å²) in [5.74, 6) is 0.927. The lowest BCUT2D eigenvalue weighted by Crippen LogP contribution is -2.45. The summed E-state index contributed by atoms with van der Waals surface area (Å²) < 4.78 is 0. The molecule has 0 radical (unpaired) electrons. The normalized spacial score (nSPS) is 19.6. The van der Waals surface area contributed by atoms with Gasteiger partial charge >= 0.3 is 0 Å². The third-order valence-electron chi connectivity index (χ3n) is 4.02. The van der Waals surface area contributed by atoms with Gasteiger partial charge in [0.1, 0.15) is 5.82 Å². The third-order valence-corrected chi connectivity index (χ3v) is 4.30. The second-order valence-electron chi connectivity index (χ2n) is 6.39. The molecule has 0 aromatic carbocycles. The summed E-state index contributed by atoms with van der Waals surface area (Å²) in [7, 11) is 4.29. The van der Waals surface area contributed by atoms with Gasteiger partial charge in [0.15, 0.2) is 0 Å². The van der Waals surface area contributed by atoms with E-state index in [0.717, 1.165) is 36.0 Å². The lowest BCUT2D eigenvalue weighted by atomic mass is 10.0. The Bertz CT molecular complexity index is 462. The molecule has 1 unspecified atom stereocenters. The summed E-state index contributed by atoms with van der Waals surface area (Å²) >= 11 is 6.46. The van der Waals surface area contributed by atoms with E-state index in [0.29, 0.717) is 12.1 Å². The summed E-state index contributed by atoms with van der Waals surface area (Å²) in [6, 6.07) is 3.09. The maximum absolute atomic E-state index is 6.46. The number of rotatable bonds is 5. The van der Waals surface area contributed by atoms with Crippen molar-refractivity contribution in [2.24, 2.45) is 0 Å². The van der Waals surface area contributed by atoms with Crippen molar-refractivity contribution < 1.29 is 0 Å². The van der Waals surface area contributed by atoms with Gasteiger partial charge < -0.3 is 15.1 Å². The number of hydrogen-bond acceptors (Lipinski definition) is 4. The minimum absolute atomic E-state index is 0.464. The van der Waals surface area contributed by atoms with Gasteiger partial charge in [0.05, 0.1) is 5.02 Å². The van der Waals surface area contributed by atoms with Gasteiger partial charge in [-0.3, -0.25) is 0 Å². The molecule has 0 saturated carbocycles. The number of anilines is 1. The number of piperidine rings is 1. The summed E-state index contributed by atoms with van der Waals surface area (Å²) in [4.78, 5) is 9.22. The van der Waals surface area contributed by atoms with Crippen LogP contribution in [0.5, 0.6) is 0 Å². The van der Waals surface area contributed by atoms with Crippen molar-refractivity contribution in [2.45, 2.75) is 45.3 Å². The van der Waals surface area contributed by atoms with Crippen molar-refractivity contribution in [3.05, 3.63) is 22.8 Å². The molecular formula is C16H27ClN4. The molecule has 118 valence electrons.